The summed E-state index contributed by atoms with van der Waals surface area (Å²) in [6, 6.07) is 4.09. The third-order valence-electron chi connectivity index (χ3n) is 6.29. The van der Waals surface area contributed by atoms with E-state index in [9.17, 15) is 9.59 Å². The Morgan fingerprint density at radius 3 is 2.59 bits per heavy atom. The third-order valence-corrected chi connectivity index (χ3v) is 6.29. The molecule has 8 nitrogen and oxygen atoms in total. The summed E-state index contributed by atoms with van der Waals surface area (Å²) < 4.78 is 6.22. The van der Waals surface area contributed by atoms with Gasteiger partial charge in [0, 0.05) is 56.5 Å². The molecular weight excluding hydrogens is 406 g/mol. The maximum atomic E-state index is 13.2. The van der Waals surface area contributed by atoms with Gasteiger partial charge in [0.25, 0.3) is 0 Å². The maximum Gasteiger partial charge on any atom is 0.242 e. The second-order valence-electron chi connectivity index (χ2n) is 8.60. The minimum atomic E-state index is -0.225. The minimum absolute atomic E-state index is 0.0276. The van der Waals surface area contributed by atoms with E-state index in [-0.39, 0.29) is 30.5 Å². The van der Waals surface area contributed by atoms with Gasteiger partial charge in [0.05, 0.1) is 24.9 Å². The Bertz CT molecular complexity index is 874. The smallest absolute Gasteiger partial charge is 0.242 e. The van der Waals surface area contributed by atoms with Gasteiger partial charge in [-0.05, 0) is 37.0 Å². The molecule has 1 saturated carbocycles. The highest BCUT2D eigenvalue weighted by molar-refractivity contribution is 5.85. The molecule has 0 radical (unpaired) electrons. The van der Waals surface area contributed by atoms with Crippen LogP contribution in [0, 0.1) is 0 Å². The topological polar surface area (TPSA) is 88.5 Å². The molecule has 2 amide bonds. The molecular formula is C24H31N5O3. The van der Waals surface area contributed by atoms with Crippen molar-refractivity contribution in [2.75, 3.05) is 19.6 Å². The summed E-state index contributed by atoms with van der Waals surface area (Å²) in [6.07, 6.45) is 14.6. The van der Waals surface area contributed by atoms with Gasteiger partial charge in [0.15, 0.2) is 0 Å². The van der Waals surface area contributed by atoms with Gasteiger partial charge in [0.1, 0.15) is 0 Å². The van der Waals surface area contributed by atoms with Crippen LogP contribution >= 0.6 is 0 Å². The Labute approximate surface area is 189 Å². The first-order valence-corrected chi connectivity index (χ1v) is 11.5. The monoisotopic (exact) mass is 437 g/mol. The molecule has 0 N–H and O–H groups in total. The normalized spacial score (nSPS) is 20.2. The van der Waals surface area contributed by atoms with Crippen molar-refractivity contribution in [3.05, 3.63) is 54.4 Å². The van der Waals surface area contributed by atoms with Crippen molar-refractivity contribution < 1.29 is 14.3 Å². The number of amides is 2. The molecule has 3 heterocycles. The summed E-state index contributed by atoms with van der Waals surface area (Å²) in [5, 5.41) is 0. The molecule has 2 fully saturated rings. The Morgan fingerprint density at radius 1 is 1.03 bits per heavy atom. The molecule has 2 aromatic heterocycles. The zero-order valence-electron chi connectivity index (χ0n) is 18.4. The quantitative estimate of drug-likeness (QED) is 0.661. The van der Waals surface area contributed by atoms with E-state index in [1.54, 1.807) is 35.9 Å². The highest BCUT2D eigenvalue weighted by Gasteiger charge is 2.34. The van der Waals surface area contributed by atoms with Gasteiger partial charge < -0.3 is 14.5 Å². The lowest BCUT2D eigenvalue weighted by molar-refractivity contribution is -0.140. The molecule has 2 aromatic rings. The van der Waals surface area contributed by atoms with E-state index < -0.39 is 0 Å². The number of nitrogens with zero attached hydrogens (tertiary/aromatic N) is 5. The average Bonchev–Trinajstić information content (AvgIpc) is 3.02. The molecule has 0 aromatic carbocycles. The van der Waals surface area contributed by atoms with E-state index in [2.05, 4.69) is 15.0 Å². The van der Waals surface area contributed by atoms with E-state index in [0.29, 0.717) is 32.5 Å². The highest BCUT2D eigenvalue weighted by atomic mass is 16.5. The van der Waals surface area contributed by atoms with E-state index >= 15 is 0 Å². The van der Waals surface area contributed by atoms with Gasteiger partial charge in [-0.1, -0.05) is 19.3 Å². The highest BCUT2D eigenvalue weighted by Crippen LogP contribution is 2.25. The van der Waals surface area contributed by atoms with Crippen molar-refractivity contribution in [2.24, 2.45) is 0 Å². The van der Waals surface area contributed by atoms with E-state index in [4.69, 9.17) is 4.74 Å². The number of aromatic nitrogens is 3. The zero-order chi connectivity index (χ0) is 22.2. The molecule has 1 unspecified atom stereocenters. The predicted molar refractivity (Wildman–Crippen MR) is 118 cm³/mol. The van der Waals surface area contributed by atoms with Gasteiger partial charge in [-0.25, -0.2) is 0 Å². The number of carbonyl (C=O) groups is 2. The first-order valence-electron chi connectivity index (χ1n) is 11.5. The molecule has 4 rings (SSSR count). The van der Waals surface area contributed by atoms with E-state index in [1.165, 1.54) is 6.42 Å². The zero-order valence-corrected chi connectivity index (χ0v) is 18.4. The average molecular weight is 438 g/mol. The summed E-state index contributed by atoms with van der Waals surface area (Å²) in [4.78, 5) is 42.2. The van der Waals surface area contributed by atoms with Crippen molar-refractivity contribution in [1.29, 1.82) is 0 Å². The van der Waals surface area contributed by atoms with Gasteiger partial charge >= 0.3 is 0 Å². The summed E-state index contributed by atoms with van der Waals surface area (Å²) in [6.45, 7) is 1.49. The lowest BCUT2D eigenvalue weighted by atomic mass is 9.94. The third kappa shape index (κ3) is 6.09. The largest absolute Gasteiger partial charge is 0.370 e. The molecule has 0 bridgehead atoms. The first-order chi connectivity index (χ1) is 15.7. The fourth-order valence-electron chi connectivity index (χ4n) is 4.53. The van der Waals surface area contributed by atoms with Crippen LogP contribution in [-0.4, -0.2) is 68.3 Å². The maximum absolute atomic E-state index is 13.2. The Hall–Kier alpha value is -2.87. The van der Waals surface area contributed by atoms with Crippen LogP contribution in [-0.2, 0) is 27.4 Å². The Morgan fingerprint density at radius 2 is 1.84 bits per heavy atom. The SMILES string of the molecule is O=C(CCc1cnccn1)N1CC(=O)N(C2CCCCC2)CC(OCc2ccncc2)C1. The molecule has 32 heavy (non-hydrogen) atoms. The van der Waals surface area contributed by atoms with Crippen molar-refractivity contribution in [1.82, 2.24) is 24.8 Å². The second kappa shape index (κ2) is 11.1. The summed E-state index contributed by atoms with van der Waals surface area (Å²) >= 11 is 0. The molecule has 8 heteroatoms. The number of aryl methyl sites for hydroxylation is 1. The molecule has 1 saturated heterocycles. The molecule has 2 aliphatic rings. The van der Waals surface area contributed by atoms with Gasteiger partial charge in [0.2, 0.25) is 11.8 Å². The van der Waals surface area contributed by atoms with Crippen molar-refractivity contribution in [2.45, 2.75) is 63.7 Å². The number of pyridine rings is 1. The summed E-state index contributed by atoms with van der Waals surface area (Å²) in [7, 11) is 0. The van der Waals surface area contributed by atoms with Gasteiger partial charge in [-0.3, -0.25) is 24.5 Å². The number of carbonyl (C=O) groups excluding carboxylic acids is 2. The lowest BCUT2D eigenvalue weighted by Gasteiger charge is -2.34. The lowest BCUT2D eigenvalue weighted by Crippen LogP contribution is -2.46. The number of rotatable bonds is 7. The molecule has 1 aliphatic carbocycles. The van der Waals surface area contributed by atoms with Crippen LogP contribution < -0.4 is 0 Å². The molecule has 1 atom stereocenters. The number of ether oxygens (including phenoxy) is 1. The van der Waals surface area contributed by atoms with Crippen molar-refractivity contribution >= 4 is 11.8 Å². The molecule has 0 spiro atoms. The van der Waals surface area contributed by atoms with Gasteiger partial charge in [-0.15, -0.1) is 0 Å². The molecule has 1 aliphatic heterocycles. The predicted octanol–water partition coefficient (Wildman–Crippen LogP) is 2.39. The van der Waals surface area contributed by atoms with Crippen LogP contribution in [0.4, 0.5) is 0 Å². The summed E-state index contributed by atoms with van der Waals surface area (Å²) in [5.74, 6) is -0.0215. The number of hydrogen-bond donors (Lipinski definition) is 0. The molecule has 170 valence electrons. The standard InChI is InChI=1S/C24H31N5O3/c30-23(7-6-20-14-26-12-13-27-20)28-15-22(32-18-19-8-10-25-11-9-19)16-29(24(31)17-28)21-4-2-1-3-5-21/h8-14,21-22H,1-7,15-18H2. The van der Waals surface area contributed by atoms with Crippen LogP contribution in [0.25, 0.3) is 0 Å². The van der Waals surface area contributed by atoms with E-state index in [0.717, 1.165) is 36.9 Å². The van der Waals surface area contributed by atoms with Crippen molar-refractivity contribution in [3.63, 3.8) is 0 Å². The summed E-state index contributed by atoms with van der Waals surface area (Å²) in [5.41, 5.74) is 1.80. The van der Waals surface area contributed by atoms with Crippen LogP contribution in [0.15, 0.2) is 43.1 Å². The van der Waals surface area contributed by atoms with E-state index in [1.807, 2.05) is 17.0 Å². The first kappa shape index (κ1) is 22.3. The fourth-order valence-corrected chi connectivity index (χ4v) is 4.53. The number of hydrogen-bond acceptors (Lipinski definition) is 6. The van der Waals surface area contributed by atoms with Gasteiger partial charge in [-0.2, -0.15) is 0 Å². The minimum Gasteiger partial charge on any atom is -0.370 e. The Balaban J connectivity index is 1.44. The second-order valence-corrected chi connectivity index (χ2v) is 8.60. The van der Waals surface area contributed by atoms with Crippen LogP contribution in [0.3, 0.4) is 0 Å². The Kier molecular flexibility index (Phi) is 7.77. The van der Waals surface area contributed by atoms with Crippen molar-refractivity contribution in [3.8, 4) is 0 Å². The van der Waals surface area contributed by atoms with Crippen LogP contribution in [0.1, 0.15) is 49.8 Å². The van der Waals surface area contributed by atoms with Crippen LogP contribution in [0.2, 0.25) is 0 Å². The van der Waals surface area contributed by atoms with Crippen LogP contribution in [0.5, 0.6) is 0 Å². The fraction of sp³-hybridized carbons (Fsp3) is 0.542.